The monoisotopic (exact) mass is 348 g/mol. The molecule has 1 aromatic heterocycles. The topological polar surface area (TPSA) is 61.3 Å². The Balaban J connectivity index is 1.59. The summed E-state index contributed by atoms with van der Waals surface area (Å²) in [6.45, 7) is 1.31. The summed E-state index contributed by atoms with van der Waals surface area (Å²) >= 11 is 0. The third-order valence-electron chi connectivity index (χ3n) is 5.12. The van der Waals surface area contributed by atoms with Crippen molar-refractivity contribution in [2.45, 2.75) is 25.4 Å². The van der Waals surface area contributed by atoms with Gasteiger partial charge in [0, 0.05) is 32.2 Å². The standard InChI is InChI=1S/C17H18F2N4O2/c1-21-14-9-22(7-5-10(14)16(24)20-21)13-6-8-23(17(13)25)15-11(18)3-2-4-12(15)19/h2-4,13H,5-9H2,1H3,(H,20,24). The molecular formula is C17H18F2N4O2. The van der Waals surface area contributed by atoms with E-state index < -0.39 is 17.7 Å². The van der Waals surface area contributed by atoms with Gasteiger partial charge < -0.3 is 4.90 Å². The van der Waals surface area contributed by atoms with Crippen molar-refractivity contribution in [2.75, 3.05) is 18.0 Å². The number of benzene rings is 1. The molecule has 1 fully saturated rings. The molecule has 1 N–H and O–H groups in total. The molecule has 4 rings (SSSR count). The molecule has 0 bridgehead atoms. The number of fused-ring (bicyclic) bond motifs is 1. The smallest absolute Gasteiger partial charge is 0.267 e. The summed E-state index contributed by atoms with van der Waals surface area (Å²) in [5.41, 5.74) is 1.24. The van der Waals surface area contributed by atoms with E-state index in [4.69, 9.17) is 0 Å². The molecule has 6 nitrogen and oxygen atoms in total. The minimum absolute atomic E-state index is 0.0926. The minimum Gasteiger partial charge on any atom is -0.306 e. The second kappa shape index (κ2) is 5.80. The van der Waals surface area contributed by atoms with Gasteiger partial charge >= 0.3 is 0 Å². The molecule has 1 amide bonds. The summed E-state index contributed by atoms with van der Waals surface area (Å²) in [6, 6.07) is 3.16. The van der Waals surface area contributed by atoms with Gasteiger partial charge in [0.1, 0.15) is 17.3 Å². The zero-order valence-corrected chi connectivity index (χ0v) is 13.8. The van der Waals surface area contributed by atoms with Crippen LogP contribution in [0.1, 0.15) is 17.7 Å². The number of aromatic amines is 1. The summed E-state index contributed by atoms with van der Waals surface area (Å²) in [5, 5.41) is 2.73. The number of aromatic nitrogens is 2. The molecule has 0 radical (unpaired) electrons. The maximum absolute atomic E-state index is 14.0. The number of hydrogen-bond donors (Lipinski definition) is 1. The number of anilines is 1. The van der Waals surface area contributed by atoms with E-state index in [1.54, 1.807) is 11.7 Å². The van der Waals surface area contributed by atoms with E-state index in [1.165, 1.54) is 11.0 Å². The van der Waals surface area contributed by atoms with E-state index in [0.29, 0.717) is 25.9 Å². The number of H-pyrrole nitrogens is 1. The molecule has 0 saturated carbocycles. The number of nitrogens with zero attached hydrogens (tertiary/aromatic N) is 3. The third kappa shape index (κ3) is 2.48. The summed E-state index contributed by atoms with van der Waals surface area (Å²) in [5.74, 6) is -1.76. The predicted octanol–water partition coefficient (Wildman–Crippen LogP) is 1.16. The highest BCUT2D eigenvalue weighted by molar-refractivity contribution is 5.99. The van der Waals surface area contributed by atoms with Crippen LogP contribution >= 0.6 is 0 Å². The number of hydrogen-bond acceptors (Lipinski definition) is 3. The van der Waals surface area contributed by atoms with Crippen LogP contribution in [0.2, 0.25) is 0 Å². The Morgan fingerprint density at radius 3 is 2.60 bits per heavy atom. The lowest BCUT2D eigenvalue weighted by molar-refractivity contribution is -0.122. The molecule has 132 valence electrons. The quantitative estimate of drug-likeness (QED) is 0.886. The summed E-state index contributed by atoms with van der Waals surface area (Å²) in [4.78, 5) is 27.8. The van der Waals surface area contributed by atoms with Crippen molar-refractivity contribution < 1.29 is 13.6 Å². The fraction of sp³-hybridized carbons (Fsp3) is 0.412. The number of nitrogens with one attached hydrogen (secondary N) is 1. The number of halogens is 2. The molecule has 1 aromatic carbocycles. The average molecular weight is 348 g/mol. The Bertz CT molecular complexity index is 884. The van der Waals surface area contributed by atoms with Crippen molar-refractivity contribution in [3.8, 4) is 0 Å². The number of carbonyl (C=O) groups is 1. The lowest BCUT2D eigenvalue weighted by Crippen LogP contribution is -2.45. The molecule has 2 aliphatic heterocycles. The molecule has 1 unspecified atom stereocenters. The molecule has 1 atom stereocenters. The number of rotatable bonds is 2. The SMILES string of the molecule is Cn1[nH]c(=O)c2c1CN(C1CCN(c3c(F)cccc3F)C1=O)CC2. The van der Waals surface area contributed by atoms with Crippen molar-refractivity contribution in [3.63, 3.8) is 0 Å². The zero-order chi connectivity index (χ0) is 17.7. The van der Waals surface area contributed by atoms with Crippen LogP contribution in [0.3, 0.4) is 0 Å². The number of carbonyl (C=O) groups excluding carboxylic acids is 1. The van der Waals surface area contributed by atoms with Crippen LogP contribution in [0.4, 0.5) is 14.5 Å². The fourth-order valence-corrected chi connectivity index (χ4v) is 3.85. The first-order chi connectivity index (χ1) is 12.0. The number of aryl methyl sites for hydroxylation is 1. The van der Waals surface area contributed by atoms with Crippen LogP contribution in [-0.4, -0.2) is 39.7 Å². The molecule has 8 heteroatoms. The lowest BCUT2D eigenvalue weighted by Gasteiger charge is -2.31. The van der Waals surface area contributed by atoms with Crippen LogP contribution in [0.5, 0.6) is 0 Å². The van der Waals surface area contributed by atoms with Gasteiger partial charge in [0.15, 0.2) is 0 Å². The van der Waals surface area contributed by atoms with Gasteiger partial charge in [-0.25, -0.2) is 8.78 Å². The highest BCUT2D eigenvalue weighted by Gasteiger charge is 2.40. The normalized spacial score (nSPS) is 21.0. The number of amides is 1. The van der Waals surface area contributed by atoms with Gasteiger partial charge in [-0.15, -0.1) is 0 Å². The van der Waals surface area contributed by atoms with Crippen LogP contribution in [0.25, 0.3) is 0 Å². The van der Waals surface area contributed by atoms with Crippen LogP contribution < -0.4 is 10.5 Å². The Kier molecular flexibility index (Phi) is 3.72. The molecule has 2 aliphatic rings. The van der Waals surface area contributed by atoms with E-state index in [1.807, 2.05) is 4.90 Å². The molecule has 1 saturated heterocycles. The van der Waals surface area contributed by atoms with Gasteiger partial charge in [0.05, 0.1) is 11.7 Å². The van der Waals surface area contributed by atoms with E-state index in [9.17, 15) is 18.4 Å². The maximum atomic E-state index is 14.0. The zero-order valence-electron chi connectivity index (χ0n) is 13.8. The van der Waals surface area contributed by atoms with Crippen LogP contribution in [-0.2, 0) is 24.8 Å². The van der Waals surface area contributed by atoms with Gasteiger partial charge in [0.25, 0.3) is 5.56 Å². The first-order valence-electron chi connectivity index (χ1n) is 8.23. The Morgan fingerprint density at radius 2 is 1.88 bits per heavy atom. The molecule has 25 heavy (non-hydrogen) atoms. The average Bonchev–Trinajstić information content (AvgIpc) is 3.08. The largest absolute Gasteiger partial charge is 0.306 e. The first-order valence-corrected chi connectivity index (χ1v) is 8.23. The fourth-order valence-electron chi connectivity index (χ4n) is 3.85. The molecular weight excluding hydrogens is 330 g/mol. The van der Waals surface area contributed by atoms with Crippen molar-refractivity contribution in [3.05, 3.63) is 51.4 Å². The first kappa shape index (κ1) is 16.0. The molecule has 2 aromatic rings. The van der Waals surface area contributed by atoms with Crippen molar-refractivity contribution in [1.82, 2.24) is 14.7 Å². The van der Waals surface area contributed by atoms with Crippen LogP contribution in [0, 0.1) is 11.6 Å². The maximum Gasteiger partial charge on any atom is 0.267 e. The van der Waals surface area contributed by atoms with Gasteiger partial charge in [0.2, 0.25) is 5.91 Å². The summed E-state index contributed by atoms with van der Waals surface area (Å²) < 4.78 is 29.7. The molecule has 0 spiro atoms. The second-order valence-electron chi connectivity index (χ2n) is 6.51. The highest BCUT2D eigenvalue weighted by Crippen LogP contribution is 2.30. The van der Waals surface area contributed by atoms with E-state index in [-0.39, 0.29) is 23.7 Å². The number of para-hydroxylation sites is 1. The van der Waals surface area contributed by atoms with Crippen molar-refractivity contribution in [1.29, 1.82) is 0 Å². The van der Waals surface area contributed by atoms with Gasteiger partial charge in [-0.05, 0) is 25.0 Å². The van der Waals surface area contributed by atoms with E-state index in [2.05, 4.69) is 5.10 Å². The van der Waals surface area contributed by atoms with Gasteiger partial charge in [-0.1, -0.05) is 6.07 Å². The van der Waals surface area contributed by atoms with E-state index >= 15 is 0 Å². The highest BCUT2D eigenvalue weighted by atomic mass is 19.1. The molecule has 0 aliphatic carbocycles. The summed E-state index contributed by atoms with van der Waals surface area (Å²) in [6.07, 6.45) is 1.06. The predicted molar refractivity (Wildman–Crippen MR) is 87.3 cm³/mol. The van der Waals surface area contributed by atoms with E-state index in [0.717, 1.165) is 23.4 Å². The lowest BCUT2D eigenvalue weighted by atomic mass is 10.0. The Morgan fingerprint density at radius 1 is 1.16 bits per heavy atom. The van der Waals surface area contributed by atoms with Gasteiger partial charge in [-0.2, -0.15) is 0 Å². The third-order valence-corrected chi connectivity index (χ3v) is 5.12. The van der Waals surface area contributed by atoms with Crippen LogP contribution in [0.15, 0.2) is 23.0 Å². The van der Waals surface area contributed by atoms with Gasteiger partial charge in [-0.3, -0.25) is 24.3 Å². The van der Waals surface area contributed by atoms with Crippen molar-refractivity contribution >= 4 is 11.6 Å². The van der Waals surface area contributed by atoms with Crippen molar-refractivity contribution in [2.24, 2.45) is 7.05 Å². The molecule has 3 heterocycles. The Hall–Kier alpha value is -2.48. The minimum atomic E-state index is -0.733. The second-order valence-corrected chi connectivity index (χ2v) is 6.51. The summed E-state index contributed by atoms with van der Waals surface area (Å²) in [7, 11) is 1.77. The Labute approximate surface area is 142 Å².